The zero-order chi connectivity index (χ0) is 33.4. The number of halogens is 5. The number of likely N-dealkylation sites (tertiary alicyclic amines) is 1. The molecule has 2 aliphatic rings. The fourth-order valence-electron chi connectivity index (χ4n) is 5.30. The minimum absolute atomic E-state index is 0.0237. The Hall–Kier alpha value is -3.36. The third-order valence-electron chi connectivity index (χ3n) is 7.90. The van der Waals surface area contributed by atoms with Crippen LogP contribution in [0.2, 0.25) is 5.02 Å². The van der Waals surface area contributed by atoms with E-state index in [4.69, 9.17) is 20.9 Å². The number of nitrogens with zero attached hydrogens (tertiary/aromatic N) is 4. The number of carbonyl (C=O) groups is 2. The standard InChI is InChI=1S/C31H34ClF4N5O4S/c1-30(2,3)44-29(43)37-21-16-46-23-14-20(33)19(13-22(23)41(27(21)42)15-17-5-7-18(32)8-6-17)26-38-28(45-39-26)31(4)9-11-40(12-10-31)25(36)24(34)35/h5-8,13-14,21,24-25H,9-12,15-16H2,1-4H3,(H,37,43)/t21-,25?/m0/s1. The van der Waals surface area contributed by atoms with Crippen molar-refractivity contribution in [3.05, 3.63) is 58.7 Å². The van der Waals surface area contributed by atoms with Crippen molar-refractivity contribution in [2.24, 2.45) is 0 Å². The Kier molecular flexibility index (Phi) is 9.90. The SMILES string of the molecule is CC(C)(C)OC(=O)N[C@H]1CSc2cc(F)c(-c3noc(C4(C)CCN(C(F)C(F)F)CC4)n3)cc2N(Cc2ccc(Cl)cc2)C1=O. The van der Waals surface area contributed by atoms with Gasteiger partial charge in [-0.15, -0.1) is 11.8 Å². The normalized spacial score (nSPS) is 19.5. The first-order valence-electron chi connectivity index (χ1n) is 14.7. The highest BCUT2D eigenvalue weighted by molar-refractivity contribution is 7.99. The number of amides is 2. The van der Waals surface area contributed by atoms with Crippen LogP contribution in [0.4, 0.5) is 28.0 Å². The molecule has 0 aliphatic carbocycles. The third-order valence-corrected chi connectivity index (χ3v) is 9.29. The van der Waals surface area contributed by atoms with E-state index in [9.17, 15) is 22.8 Å². The lowest BCUT2D eigenvalue weighted by molar-refractivity contribution is -0.120. The molecular formula is C31H34ClF4N5O4S. The fourth-order valence-corrected chi connectivity index (χ4v) is 6.50. The van der Waals surface area contributed by atoms with Gasteiger partial charge in [0.15, 0.2) is 0 Å². The van der Waals surface area contributed by atoms with E-state index in [1.165, 1.54) is 28.8 Å². The number of rotatable bonds is 7. The van der Waals surface area contributed by atoms with E-state index in [-0.39, 0.29) is 55.5 Å². The van der Waals surface area contributed by atoms with Crippen LogP contribution in [0.3, 0.4) is 0 Å². The van der Waals surface area contributed by atoms with Gasteiger partial charge < -0.3 is 19.5 Å². The molecule has 3 aromatic rings. The Morgan fingerprint density at radius 1 is 1.20 bits per heavy atom. The van der Waals surface area contributed by atoms with Gasteiger partial charge in [0.2, 0.25) is 18.0 Å². The molecule has 3 heterocycles. The summed E-state index contributed by atoms with van der Waals surface area (Å²) in [4.78, 5) is 34.1. The molecule has 9 nitrogen and oxygen atoms in total. The number of ether oxygens (including phenoxy) is 1. The predicted octanol–water partition coefficient (Wildman–Crippen LogP) is 6.98. The van der Waals surface area contributed by atoms with Crippen LogP contribution in [0, 0.1) is 5.82 Å². The highest BCUT2D eigenvalue weighted by Gasteiger charge is 2.41. The maximum absolute atomic E-state index is 15.7. The van der Waals surface area contributed by atoms with Crippen LogP contribution < -0.4 is 10.2 Å². The van der Waals surface area contributed by atoms with Crippen LogP contribution in [0.5, 0.6) is 0 Å². The Morgan fingerprint density at radius 3 is 2.50 bits per heavy atom. The average Bonchev–Trinajstić information content (AvgIpc) is 3.45. The molecule has 1 unspecified atom stereocenters. The maximum atomic E-state index is 15.7. The lowest BCUT2D eigenvalue weighted by atomic mass is 9.80. The molecule has 2 aromatic carbocycles. The molecule has 248 valence electrons. The van der Waals surface area contributed by atoms with Crippen LogP contribution in [0.15, 0.2) is 45.8 Å². The predicted molar refractivity (Wildman–Crippen MR) is 165 cm³/mol. The number of alkyl halides is 3. The number of benzene rings is 2. The Labute approximate surface area is 273 Å². The molecule has 0 saturated carbocycles. The number of carbonyl (C=O) groups excluding carboxylic acids is 2. The van der Waals surface area contributed by atoms with Gasteiger partial charge in [0.1, 0.15) is 17.5 Å². The molecule has 46 heavy (non-hydrogen) atoms. The Balaban J connectivity index is 1.45. The molecule has 0 bridgehead atoms. The first-order valence-corrected chi connectivity index (χ1v) is 16.0. The highest BCUT2D eigenvalue weighted by Crippen LogP contribution is 2.41. The molecule has 5 rings (SSSR count). The van der Waals surface area contributed by atoms with Crippen LogP contribution in [-0.4, -0.2) is 70.2 Å². The summed E-state index contributed by atoms with van der Waals surface area (Å²) in [5.41, 5.74) is -0.431. The van der Waals surface area contributed by atoms with Crippen molar-refractivity contribution in [2.75, 3.05) is 23.7 Å². The van der Waals surface area contributed by atoms with E-state index in [0.717, 1.165) is 10.5 Å². The molecule has 0 radical (unpaired) electrons. The lowest BCUT2D eigenvalue weighted by Gasteiger charge is -2.37. The molecule has 1 N–H and O–H groups in total. The second-order valence-corrected chi connectivity index (χ2v) is 14.1. The van der Waals surface area contributed by atoms with Gasteiger partial charge in [0.25, 0.3) is 12.3 Å². The Bertz CT molecular complexity index is 1580. The number of fused-ring (bicyclic) bond motifs is 1. The summed E-state index contributed by atoms with van der Waals surface area (Å²) in [5, 5.41) is 7.18. The molecule has 0 spiro atoms. The van der Waals surface area contributed by atoms with Gasteiger partial charge in [-0.05, 0) is 63.4 Å². The van der Waals surface area contributed by atoms with Gasteiger partial charge in [-0.3, -0.25) is 9.69 Å². The van der Waals surface area contributed by atoms with Crippen molar-refractivity contribution in [3.63, 3.8) is 0 Å². The van der Waals surface area contributed by atoms with Crippen LogP contribution >= 0.6 is 23.4 Å². The first-order chi connectivity index (χ1) is 21.6. The average molecular weight is 684 g/mol. The van der Waals surface area contributed by atoms with Gasteiger partial charge in [-0.2, -0.15) is 4.98 Å². The topological polar surface area (TPSA) is 101 Å². The summed E-state index contributed by atoms with van der Waals surface area (Å²) in [6.45, 7) is 7.15. The van der Waals surface area contributed by atoms with E-state index in [1.807, 2.05) is 6.92 Å². The fraction of sp³-hybridized carbons (Fsp3) is 0.484. The van der Waals surface area contributed by atoms with Gasteiger partial charge >= 0.3 is 6.09 Å². The minimum Gasteiger partial charge on any atom is -0.444 e. The molecule has 1 fully saturated rings. The Morgan fingerprint density at radius 2 is 1.87 bits per heavy atom. The first kappa shape index (κ1) is 34.0. The largest absolute Gasteiger partial charge is 0.444 e. The summed E-state index contributed by atoms with van der Waals surface area (Å²) in [7, 11) is 0. The van der Waals surface area contributed by atoms with Gasteiger partial charge in [-0.1, -0.05) is 35.8 Å². The van der Waals surface area contributed by atoms with E-state index in [1.54, 1.807) is 45.0 Å². The van der Waals surface area contributed by atoms with E-state index in [2.05, 4.69) is 15.5 Å². The van der Waals surface area contributed by atoms with E-state index in [0.29, 0.717) is 15.6 Å². The molecule has 2 aliphatic heterocycles. The minimum atomic E-state index is -3.11. The number of hydrogen-bond donors (Lipinski definition) is 1. The van der Waals surface area contributed by atoms with Gasteiger partial charge in [0, 0.05) is 34.2 Å². The van der Waals surface area contributed by atoms with Crippen molar-refractivity contribution < 1.29 is 36.4 Å². The van der Waals surface area contributed by atoms with Gasteiger partial charge in [-0.25, -0.2) is 22.4 Å². The van der Waals surface area contributed by atoms with Crippen molar-refractivity contribution in [1.82, 2.24) is 20.4 Å². The monoisotopic (exact) mass is 683 g/mol. The molecule has 1 saturated heterocycles. The smallest absolute Gasteiger partial charge is 0.408 e. The molecule has 2 amide bonds. The molecule has 1 aromatic heterocycles. The molecular weight excluding hydrogens is 650 g/mol. The van der Waals surface area contributed by atoms with Crippen molar-refractivity contribution in [3.8, 4) is 11.4 Å². The summed E-state index contributed by atoms with van der Waals surface area (Å²) in [5.74, 6) is -0.866. The van der Waals surface area contributed by atoms with Crippen LogP contribution in [0.25, 0.3) is 11.4 Å². The zero-order valence-electron chi connectivity index (χ0n) is 25.7. The van der Waals surface area contributed by atoms with E-state index < -0.39 is 47.6 Å². The van der Waals surface area contributed by atoms with Gasteiger partial charge in [0.05, 0.1) is 17.8 Å². The molecule has 2 atom stereocenters. The zero-order valence-corrected chi connectivity index (χ0v) is 27.2. The quantitative estimate of drug-likeness (QED) is 0.211. The number of alkyl carbamates (subject to hydrolysis) is 1. The van der Waals surface area contributed by atoms with Crippen molar-refractivity contribution in [2.45, 2.75) is 81.8 Å². The second-order valence-electron chi connectivity index (χ2n) is 12.6. The second kappa shape index (κ2) is 13.4. The number of nitrogens with one attached hydrogen (secondary N) is 1. The summed E-state index contributed by atoms with van der Waals surface area (Å²) in [6.07, 6.45) is -5.67. The highest BCUT2D eigenvalue weighted by atomic mass is 35.5. The number of anilines is 1. The number of hydrogen-bond acceptors (Lipinski definition) is 8. The number of thioether (sulfide) groups is 1. The number of aromatic nitrogens is 2. The van der Waals surface area contributed by atoms with Crippen LogP contribution in [0.1, 0.15) is 52.0 Å². The summed E-state index contributed by atoms with van der Waals surface area (Å²) >= 11 is 7.27. The van der Waals surface area contributed by atoms with E-state index >= 15 is 4.39 Å². The summed E-state index contributed by atoms with van der Waals surface area (Å²) < 4.78 is 66.2. The van der Waals surface area contributed by atoms with Crippen molar-refractivity contribution >= 4 is 41.1 Å². The summed E-state index contributed by atoms with van der Waals surface area (Å²) in [6, 6.07) is 8.67. The van der Waals surface area contributed by atoms with Crippen LogP contribution in [-0.2, 0) is 21.5 Å². The third kappa shape index (κ3) is 7.60. The lowest BCUT2D eigenvalue weighted by Crippen LogP contribution is -2.50. The maximum Gasteiger partial charge on any atom is 0.408 e. The van der Waals surface area contributed by atoms with Crippen molar-refractivity contribution in [1.29, 1.82) is 0 Å². The number of piperidine rings is 1. The molecule has 15 heteroatoms.